The number of anilines is 2. The van der Waals surface area contributed by atoms with Crippen molar-refractivity contribution in [3.8, 4) is 11.9 Å². The van der Waals surface area contributed by atoms with Crippen LogP contribution in [0.25, 0.3) is 11.9 Å². The summed E-state index contributed by atoms with van der Waals surface area (Å²) in [6.07, 6.45) is 2.50. The molecule has 0 aliphatic carbocycles. The van der Waals surface area contributed by atoms with Crippen LogP contribution in [0.4, 0.5) is 11.6 Å². The minimum absolute atomic E-state index is 0. The van der Waals surface area contributed by atoms with Crippen molar-refractivity contribution in [3.05, 3.63) is 29.8 Å². The summed E-state index contributed by atoms with van der Waals surface area (Å²) in [5.74, 6) is 1.37. The molecule has 0 bridgehead atoms. The van der Waals surface area contributed by atoms with Crippen molar-refractivity contribution in [1.82, 2.24) is 34.5 Å². The number of hydrogen-bond acceptors (Lipinski definition) is 7. The van der Waals surface area contributed by atoms with Crippen molar-refractivity contribution < 1.29 is 21.1 Å². The summed E-state index contributed by atoms with van der Waals surface area (Å²) >= 11 is 0. The van der Waals surface area contributed by atoms with Gasteiger partial charge in [0.05, 0.1) is 11.4 Å². The fourth-order valence-electron chi connectivity index (χ4n) is 1.80. The maximum absolute atomic E-state index is 5.84. The van der Waals surface area contributed by atoms with Gasteiger partial charge >= 0.3 is 0 Å². The first-order chi connectivity index (χ1) is 9.54. The first-order valence-corrected chi connectivity index (χ1v) is 5.82. The minimum Gasteiger partial charge on any atom is -0.384 e. The van der Waals surface area contributed by atoms with E-state index in [1.807, 2.05) is 13.8 Å². The second-order valence-corrected chi connectivity index (χ2v) is 4.28. The van der Waals surface area contributed by atoms with E-state index in [-0.39, 0.29) is 33.0 Å². The van der Waals surface area contributed by atoms with Gasteiger partial charge in [-0.1, -0.05) is 0 Å². The summed E-state index contributed by atoms with van der Waals surface area (Å²) in [5.41, 5.74) is 13.2. The van der Waals surface area contributed by atoms with Gasteiger partial charge in [-0.15, -0.1) is 0 Å². The third-order valence-corrected chi connectivity index (χ3v) is 2.60. The third-order valence-electron chi connectivity index (χ3n) is 2.60. The zero-order chi connectivity index (χ0) is 14.3. The van der Waals surface area contributed by atoms with Gasteiger partial charge in [-0.2, -0.15) is 10.2 Å². The van der Waals surface area contributed by atoms with Gasteiger partial charge in [-0.3, -0.25) is 0 Å². The number of aromatic nitrogens is 7. The molecule has 0 saturated carbocycles. The number of nitrogens with zero attached hydrogens (tertiary/aromatic N) is 7. The molecule has 3 rings (SSSR count). The Balaban J connectivity index is 0.00000161. The van der Waals surface area contributed by atoms with Crippen LogP contribution in [0.5, 0.6) is 0 Å². The van der Waals surface area contributed by atoms with Gasteiger partial charge in [0.1, 0.15) is 23.5 Å². The molecule has 3 aromatic heterocycles. The normalized spacial score (nSPS) is 10.4. The molecule has 0 aliphatic rings. The summed E-state index contributed by atoms with van der Waals surface area (Å²) in [6.45, 7) is 3.65. The minimum atomic E-state index is 0. The molecule has 4 N–H and O–H groups in total. The van der Waals surface area contributed by atoms with E-state index in [1.165, 1.54) is 9.36 Å². The van der Waals surface area contributed by atoms with Gasteiger partial charge in [0.25, 0.3) is 0 Å². The van der Waals surface area contributed by atoms with Crippen LogP contribution in [-0.4, -0.2) is 34.5 Å². The van der Waals surface area contributed by atoms with Crippen LogP contribution in [0, 0.1) is 20.2 Å². The van der Waals surface area contributed by atoms with E-state index in [4.69, 9.17) is 11.5 Å². The molecule has 108 valence electrons. The number of rotatable bonds is 2. The smallest absolute Gasteiger partial charge is 0.140 e. The Morgan fingerprint density at radius 2 is 1.33 bits per heavy atom. The summed E-state index contributed by atoms with van der Waals surface area (Å²) in [7, 11) is 0. The average Bonchev–Trinajstić information content (AvgIpc) is 2.91. The summed E-state index contributed by atoms with van der Waals surface area (Å²) in [6, 6.07) is 3.44. The number of hydrogen-bond donors (Lipinski definition) is 2. The quantitative estimate of drug-likeness (QED) is 0.476. The van der Waals surface area contributed by atoms with Crippen LogP contribution in [0.2, 0.25) is 0 Å². The fourth-order valence-corrected chi connectivity index (χ4v) is 1.80. The summed E-state index contributed by atoms with van der Waals surface area (Å²) in [5, 5.41) is 8.40. The molecular formula is C11H12MoN9-. The standard InChI is InChI=1S/C11H12N9.Mo/c1-6-3-8(12)19(17-6)10-14-5-15-11(16-10)20-9(13)4-7(2)18-20;/h3-4H,12-13H2,1-2H3;/q-1;. The SMILES string of the molecule is Cc1cc(N)n(-c2n[c-]nc(-n3nc(C)cc3N)n2)n1.[Mo]. The van der Waals surface area contributed by atoms with Crippen LogP contribution < -0.4 is 11.5 Å². The Morgan fingerprint density at radius 1 is 0.905 bits per heavy atom. The van der Waals surface area contributed by atoms with E-state index >= 15 is 0 Å². The van der Waals surface area contributed by atoms with E-state index in [1.54, 1.807) is 12.1 Å². The molecule has 0 unspecified atom stereocenters. The van der Waals surface area contributed by atoms with Crippen molar-refractivity contribution in [3.63, 3.8) is 0 Å². The molecule has 0 aliphatic heterocycles. The summed E-state index contributed by atoms with van der Waals surface area (Å²) < 4.78 is 2.81. The predicted molar refractivity (Wildman–Crippen MR) is 71.2 cm³/mol. The molecule has 21 heavy (non-hydrogen) atoms. The van der Waals surface area contributed by atoms with Gasteiger partial charge in [0, 0.05) is 39.5 Å². The fraction of sp³-hybridized carbons (Fsp3) is 0.182. The van der Waals surface area contributed by atoms with Gasteiger partial charge in [0.15, 0.2) is 0 Å². The average molecular weight is 366 g/mol. The maximum atomic E-state index is 5.84. The molecule has 0 saturated heterocycles. The third kappa shape index (κ3) is 2.77. The zero-order valence-corrected chi connectivity index (χ0v) is 13.4. The maximum Gasteiger partial charge on any atom is 0.140 e. The Labute approximate surface area is 134 Å². The monoisotopic (exact) mass is 368 g/mol. The van der Waals surface area contributed by atoms with E-state index in [2.05, 4.69) is 31.5 Å². The predicted octanol–water partition coefficient (Wildman–Crippen LogP) is -0.178. The van der Waals surface area contributed by atoms with Crippen molar-refractivity contribution in [2.75, 3.05) is 11.5 Å². The number of aryl methyl sites for hydroxylation is 2. The van der Waals surface area contributed by atoms with Crippen LogP contribution in [-0.2, 0) is 21.1 Å². The van der Waals surface area contributed by atoms with Crippen LogP contribution in [0.1, 0.15) is 11.4 Å². The van der Waals surface area contributed by atoms with Crippen LogP contribution >= 0.6 is 0 Å². The molecule has 10 heteroatoms. The van der Waals surface area contributed by atoms with Crippen molar-refractivity contribution >= 4 is 11.6 Å². The Kier molecular flexibility index (Phi) is 4.04. The largest absolute Gasteiger partial charge is 0.384 e. The van der Waals surface area contributed by atoms with E-state index < -0.39 is 0 Å². The molecular weight excluding hydrogens is 354 g/mol. The second-order valence-electron chi connectivity index (χ2n) is 4.28. The van der Waals surface area contributed by atoms with Gasteiger partial charge < -0.3 is 26.4 Å². The second kappa shape index (κ2) is 5.61. The van der Waals surface area contributed by atoms with Gasteiger partial charge in [-0.05, 0) is 13.8 Å². The molecule has 9 nitrogen and oxygen atoms in total. The number of nitrogens with two attached hydrogens (primary N) is 2. The zero-order valence-electron chi connectivity index (χ0n) is 11.3. The molecule has 0 fully saturated rings. The summed E-state index contributed by atoms with van der Waals surface area (Å²) in [4.78, 5) is 12.1. The van der Waals surface area contributed by atoms with Gasteiger partial charge in [0.2, 0.25) is 0 Å². The topological polar surface area (TPSA) is 126 Å². The number of nitrogen functional groups attached to an aromatic ring is 2. The van der Waals surface area contributed by atoms with Crippen LogP contribution in [0.3, 0.4) is 0 Å². The first-order valence-electron chi connectivity index (χ1n) is 5.82. The van der Waals surface area contributed by atoms with E-state index in [0.29, 0.717) is 11.6 Å². The van der Waals surface area contributed by atoms with Crippen molar-refractivity contribution in [2.45, 2.75) is 13.8 Å². The Morgan fingerprint density at radius 3 is 1.67 bits per heavy atom. The van der Waals surface area contributed by atoms with Crippen molar-refractivity contribution in [1.29, 1.82) is 0 Å². The van der Waals surface area contributed by atoms with Gasteiger partial charge in [-0.25, -0.2) is 9.36 Å². The van der Waals surface area contributed by atoms with E-state index in [0.717, 1.165) is 11.4 Å². The van der Waals surface area contributed by atoms with E-state index in [9.17, 15) is 0 Å². The first kappa shape index (κ1) is 15.1. The van der Waals surface area contributed by atoms with Crippen molar-refractivity contribution in [2.24, 2.45) is 0 Å². The molecule has 0 atom stereocenters. The molecule has 3 aromatic rings. The Bertz CT molecular complexity index is 714. The molecule has 0 radical (unpaired) electrons. The Hall–Kier alpha value is -2.28. The molecule has 3 heterocycles. The molecule has 0 amide bonds. The van der Waals surface area contributed by atoms with Crippen LogP contribution in [0.15, 0.2) is 12.1 Å². The molecule has 0 spiro atoms. The molecule has 0 aromatic carbocycles.